The summed E-state index contributed by atoms with van der Waals surface area (Å²) >= 11 is 0. The van der Waals surface area contributed by atoms with Crippen molar-refractivity contribution in [1.29, 1.82) is 0 Å². The first-order valence-corrected chi connectivity index (χ1v) is 6.58. The molecule has 2 nitrogen and oxygen atoms in total. The summed E-state index contributed by atoms with van der Waals surface area (Å²) in [6.07, 6.45) is -10.8. The van der Waals surface area contributed by atoms with Gasteiger partial charge in [0.2, 0.25) is 0 Å². The third kappa shape index (κ3) is 3.96. The zero-order valence-corrected chi connectivity index (χ0v) is 12.8. The number of hydrogen-bond acceptors (Lipinski definition) is 2. The van der Waals surface area contributed by atoms with Crippen LogP contribution in [0.15, 0.2) is 24.3 Å². The standard InChI is InChI=1S/C14H13F9O2/c1-24-9-5-3-4-8(6-9)10(25-2)7-11(15,16)12(17,18)13(19,20)14(21,22)23/h3-6,10H,7H2,1-2H3. The van der Waals surface area contributed by atoms with Crippen LogP contribution >= 0.6 is 0 Å². The molecule has 0 radical (unpaired) electrons. The number of hydrogen-bond donors (Lipinski definition) is 0. The second kappa shape index (κ2) is 6.93. The van der Waals surface area contributed by atoms with Crippen LogP contribution in [0.25, 0.3) is 0 Å². The lowest BCUT2D eigenvalue weighted by Gasteiger charge is -2.35. The van der Waals surface area contributed by atoms with E-state index in [1.54, 1.807) is 0 Å². The Morgan fingerprint density at radius 1 is 0.880 bits per heavy atom. The van der Waals surface area contributed by atoms with E-state index in [-0.39, 0.29) is 11.3 Å². The van der Waals surface area contributed by atoms with Gasteiger partial charge in [0.05, 0.1) is 13.2 Å². The summed E-state index contributed by atoms with van der Waals surface area (Å²) in [5.74, 6) is -19.2. The molecular formula is C14H13F9O2. The summed E-state index contributed by atoms with van der Waals surface area (Å²) in [6.45, 7) is 0. The highest BCUT2D eigenvalue weighted by Crippen LogP contribution is 2.55. The van der Waals surface area contributed by atoms with Gasteiger partial charge >= 0.3 is 23.9 Å². The van der Waals surface area contributed by atoms with Crippen molar-refractivity contribution in [1.82, 2.24) is 0 Å². The van der Waals surface area contributed by atoms with Crippen molar-refractivity contribution in [2.45, 2.75) is 36.5 Å². The Morgan fingerprint density at radius 3 is 1.88 bits per heavy atom. The van der Waals surface area contributed by atoms with Crippen molar-refractivity contribution < 1.29 is 49.0 Å². The van der Waals surface area contributed by atoms with Crippen LogP contribution in [0.3, 0.4) is 0 Å². The average Bonchev–Trinajstić information content (AvgIpc) is 2.51. The summed E-state index contributed by atoms with van der Waals surface area (Å²) < 4.78 is 125. The van der Waals surface area contributed by atoms with Gasteiger partial charge in [-0.3, -0.25) is 0 Å². The van der Waals surface area contributed by atoms with E-state index < -0.39 is 36.5 Å². The van der Waals surface area contributed by atoms with Crippen molar-refractivity contribution in [3.63, 3.8) is 0 Å². The Bertz CT molecular complexity index is 584. The fraction of sp³-hybridized carbons (Fsp3) is 0.571. The zero-order valence-electron chi connectivity index (χ0n) is 12.8. The molecule has 1 aromatic carbocycles. The van der Waals surface area contributed by atoms with Crippen molar-refractivity contribution in [2.24, 2.45) is 0 Å². The third-order valence-corrected chi connectivity index (χ3v) is 3.40. The lowest BCUT2D eigenvalue weighted by molar-refractivity contribution is -0.398. The van der Waals surface area contributed by atoms with Gasteiger partial charge in [0, 0.05) is 13.5 Å². The van der Waals surface area contributed by atoms with E-state index in [4.69, 9.17) is 4.74 Å². The molecule has 11 heteroatoms. The van der Waals surface area contributed by atoms with E-state index in [1.807, 2.05) is 0 Å². The summed E-state index contributed by atoms with van der Waals surface area (Å²) in [4.78, 5) is 0. The van der Waals surface area contributed by atoms with Crippen LogP contribution in [-0.2, 0) is 4.74 Å². The van der Waals surface area contributed by atoms with Crippen molar-refractivity contribution in [3.05, 3.63) is 29.8 Å². The van der Waals surface area contributed by atoms with E-state index in [9.17, 15) is 39.5 Å². The lowest BCUT2D eigenvalue weighted by atomic mass is 9.95. The Morgan fingerprint density at radius 2 is 1.44 bits per heavy atom. The smallest absolute Gasteiger partial charge is 0.460 e. The van der Waals surface area contributed by atoms with Gasteiger partial charge in [-0.1, -0.05) is 12.1 Å². The van der Waals surface area contributed by atoms with Crippen molar-refractivity contribution >= 4 is 0 Å². The first-order valence-electron chi connectivity index (χ1n) is 6.58. The van der Waals surface area contributed by atoms with Crippen LogP contribution in [0.1, 0.15) is 18.1 Å². The van der Waals surface area contributed by atoms with Crippen molar-refractivity contribution in [3.8, 4) is 5.75 Å². The van der Waals surface area contributed by atoms with Crippen LogP contribution in [0.4, 0.5) is 39.5 Å². The molecular weight excluding hydrogens is 371 g/mol. The van der Waals surface area contributed by atoms with E-state index in [0.717, 1.165) is 19.2 Å². The second-order valence-corrected chi connectivity index (χ2v) is 5.06. The molecule has 0 aliphatic carbocycles. The number of halogens is 9. The molecule has 1 rings (SSSR count). The van der Waals surface area contributed by atoms with Gasteiger partial charge in [0.25, 0.3) is 0 Å². The topological polar surface area (TPSA) is 18.5 Å². The maximum atomic E-state index is 13.7. The third-order valence-electron chi connectivity index (χ3n) is 3.40. The molecule has 0 aliphatic heterocycles. The molecule has 0 aromatic heterocycles. The highest BCUT2D eigenvalue weighted by Gasteiger charge is 2.81. The highest BCUT2D eigenvalue weighted by atomic mass is 19.4. The van der Waals surface area contributed by atoms with Gasteiger partial charge in [0.1, 0.15) is 5.75 Å². The average molecular weight is 384 g/mol. The number of benzene rings is 1. The van der Waals surface area contributed by atoms with Gasteiger partial charge in [-0.2, -0.15) is 39.5 Å². The van der Waals surface area contributed by atoms with E-state index in [1.165, 1.54) is 19.2 Å². The Labute approximate surface area is 136 Å². The van der Waals surface area contributed by atoms with Gasteiger partial charge < -0.3 is 9.47 Å². The minimum atomic E-state index is -6.92. The van der Waals surface area contributed by atoms with Crippen LogP contribution in [0, 0.1) is 0 Å². The lowest BCUT2D eigenvalue weighted by Crippen LogP contribution is -2.61. The predicted molar refractivity (Wildman–Crippen MR) is 68.3 cm³/mol. The van der Waals surface area contributed by atoms with Crippen LogP contribution < -0.4 is 4.74 Å². The quantitative estimate of drug-likeness (QED) is 0.599. The van der Waals surface area contributed by atoms with Crippen molar-refractivity contribution in [2.75, 3.05) is 14.2 Å². The van der Waals surface area contributed by atoms with Gasteiger partial charge in [0.15, 0.2) is 0 Å². The monoisotopic (exact) mass is 384 g/mol. The number of alkyl halides is 9. The number of ether oxygens (including phenoxy) is 2. The van der Waals surface area contributed by atoms with E-state index >= 15 is 0 Å². The molecule has 0 saturated heterocycles. The maximum absolute atomic E-state index is 13.7. The predicted octanol–water partition coefficient (Wildman–Crippen LogP) is 5.24. The maximum Gasteiger partial charge on any atom is 0.460 e. The number of rotatable bonds is 7. The van der Waals surface area contributed by atoms with Crippen LogP contribution in [-0.4, -0.2) is 38.2 Å². The second-order valence-electron chi connectivity index (χ2n) is 5.06. The van der Waals surface area contributed by atoms with Crippen LogP contribution in [0.5, 0.6) is 5.75 Å². The minimum Gasteiger partial charge on any atom is -0.497 e. The molecule has 25 heavy (non-hydrogen) atoms. The molecule has 1 unspecified atom stereocenters. The zero-order chi connectivity index (χ0) is 19.7. The summed E-state index contributed by atoms with van der Waals surface area (Å²) in [5, 5.41) is 0. The van der Waals surface area contributed by atoms with Gasteiger partial charge in [-0.15, -0.1) is 0 Å². The summed E-state index contributed by atoms with van der Waals surface area (Å²) in [6, 6.07) is 4.90. The molecule has 0 heterocycles. The molecule has 0 N–H and O–H groups in total. The molecule has 0 spiro atoms. The SMILES string of the molecule is COc1cccc(C(CC(F)(F)C(F)(F)C(F)(F)C(F)(F)F)OC)c1. The van der Waals surface area contributed by atoms with E-state index in [2.05, 4.69) is 4.74 Å². The van der Waals surface area contributed by atoms with Gasteiger partial charge in [-0.25, -0.2) is 0 Å². The summed E-state index contributed by atoms with van der Waals surface area (Å²) in [5.41, 5.74) is -0.160. The molecule has 1 atom stereocenters. The minimum absolute atomic E-state index is 0.121. The van der Waals surface area contributed by atoms with Crippen LogP contribution in [0.2, 0.25) is 0 Å². The molecule has 144 valence electrons. The Balaban J connectivity index is 3.19. The molecule has 0 amide bonds. The van der Waals surface area contributed by atoms with E-state index in [0.29, 0.717) is 0 Å². The summed E-state index contributed by atoms with van der Waals surface area (Å²) in [7, 11) is 2.04. The fourth-order valence-corrected chi connectivity index (χ4v) is 1.95. The molecule has 0 fully saturated rings. The number of methoxy groups -OCH3 is 2. The highest BCUT2D eigenvalue weighted by molar-refractivity contribution is 5.30. The fourth-order valence-electron chi connectivity index (χ4n) is 1.95. The molecule has 1 aromatic rings. The molecule has 0 bridgehead atoms. The molecule has 0 saturated carbocycles. The first-order chi connectivity index (χ1) is 11.2. The normalized spacial score (nSPS) is 15.2. The Hall–Kier alpha value is -1.65. The molecule has 0 aliphatic rings. The Kier molecular flexibility index (Phi) is 5.93. The first kappa shape index (κ1) is 21.4. The van der Waals surface area contributed by atoms with Gasteiger partial charge in [-0.05, 0) is 17.7 Å². The largest absolute Gasteiger partial charge is 0.497 e.